The largest absolute Gasteiger partial charge is 0.455 e. The molecule has 0 spiro atoms. The highest BCUT2D eigenvalue weighted by Crippen LogP contribution is 2.34. The van der Waals surface area contributed by atoms with E-state index < -0.39 is 11.2 Å². The SMILES string of the molecule is CC(C)(O)C(C)(C)OBc1cc(Cl)cc2oc3c4ccccc4ccc3c12. The molecule has 0 saturated heterocycles. The number of rotatable bonds is 4. The van der Waals surface area contributed by atoms with Gasteiger partial charge in [0.1, 0.15) is 11.2 Å². The molecule has 0 aliphatic carbocycles. The highest BCUT2D eigenvalue weighted by Gasteiger charge is 2.36. The van der Waals surface area contributed by atoms with Crippen molar-refractivity contribution >= 4 is 57.3 Å². The lowest BCUT2D eigenvalue weighted by Gasteiger charge is -2.37. The minimum absolute atomic E-state index is 0.329. The molecule has 1 aromatic heterocycles. The second-order valence-electron chi connectivity index (χ2n) is 8.06. The first-order chi connectivity index (χ1) is 12.7. The average Bonchev–Trinajstić information content (AvgIpc) is 2.97. The quantitative estimate of drug-likeness (QED) is 0.510. The van der Waals surface area contributed by atoms with Gasteiger partial charge in [0.25, 0.3) is 0 Å². The first kappa shape index (κ1) is 18.4. The van der Waals surface area contributed by atoms with Crippen LogP contribution in [0.1, 0.15) is 27.7 Å². The number of fused-ring (bicyclic) bond motifs is 5. The number of aliphatic hydroxyl groups is 1. The predicted molar refractivity (Wildman–Crippen MR) is 114 cm³/mol. The molecule has 4 rings (SSSR count). The van der Waals surface area contributed by atoms with Crippen molar-refractivity contribution in [3.63, 3.8) is 0 Å². The maximum absolute atomic E-state index is 10.4. The molecule has 0 radical (unpaired) electrons. The molecule has 27 heavy (non-hydrogen) atoms. The van der Waals surface area contributed by atoms with Crippen LogP contribution >= 0.6 is 11.6 Å². The summed E-state index contributed by atoms with van der Waals surface area (Å²) in [6.07, 6.45) is 0. The zero-order valence-electron chi connectivity index (χ0n) is 16.0. The fourth-order valence-electron chi connectivity index (χ4n) is 3.23. The van der Waals surface area contributed by atoms with Crippen LogP contribution in [-0.2, 0) is 4.65 Å². The summed E-state index contributed by atoms with van der Waals surface area (Å²) in [5.41, 5.74) is 0.860. The van der Waals surface area contributed by atoms with E-state index in [2.05, 4.69) is 24.3 Å². The molecular formula is C22H22BClO3. The Morgan fingerprint density at radius 1 is 1.00 bits per heavy atom. The number of hydrogen-bond donors (Lipinski definition) is 1. The van der Waals surface area contributed by atoms with Crippen LogP contribution in [0, 0.1) is 0 Å². The van der Waals surface area contributed by atoms with Crippen molar-refractivity contribution < 1.29 is 14.2 Å². The van der Waals surface area contributed by atoms with Crippen LogP contribution in [0.15, 0.2) is 52.9 Å². The molecule has 3 aromatic carbocycles. The third-order valence-electron chi connectivity index (χ3n) is 5.57. The van der Waals surface area contributed by atoms with Gasteiger partial charge < -0.3 is 14.2 Å². The van der Waals surface area contributed by atoms with Gasteiger partial charge >= 0.3 is 7.48 Å². The summed E-state index contributed by atoms with van der Waals surface area (Å²) in [7, 11) is 0.329. The molecule has 3 nitrogen and oxygen atoms in total. The Labute approximate surface area is 164 Å². The van der Waals surface area contributed by atoms with E-state index >= 15 is 0 Å². The van der Waals surface area contributed by atoms with E-state index in [0.717, 1.165) is 38.2 Å². The Bertz CT molecular complexity index is 1160. The van der Waals surface area contributed by atoms with Gasteiger partial charge in [0, 0.05) is 27.2 Å². The van der Waals surface area contributed by atoms with Crippen LogP contribution in [0.25, 0.3) is 32.7 Å². The number of furan rings is 1. The number of hydrogen-bond acceptors (Lipinski definition) is 3. The Morgan fingerprint density at radius 2 is 1.74 bits per heavy atom. The molecule has 0 unspecified atom stereocenters. The van der Waals surface area contributed by atoms with Crippen molar-refractivity contribution in [1.82, 2.24) is 0 Å². The lowest BCUT2D eigenvalue weighted by Crippen LogP contribution is -2.49. The third-order valence-corrected chi connectivity index (χ3v) is 5.79. The zero-order valence-corrected chi connectivity index (χ0v) is 16.7. The minimum Gasteiger partial charge on any atom is -0.455 e. The summed E-state index contributed by atoms with van der Waals surface area (Å²) in [5.74, 6) is 0. The van der Waals surface area contributed by atoms with Gasteiger partial charge in [0.2, 0.25) is 0 Å². The van der Waals surface area contributed by atoms with E-state index in [1.807, 2.05) is 38.1 Å². The van der Waals surface area contributed by atoms with Crippen LogP contribution in [0.3, 0.4) is 0 Å². The zero-order chi connectivity index (χ0) is 19.4. The van der Waals surface area contributed by atoms with Crippen LogP contribution in [-0.4, -0.2) is 23.8 Å². The normalized spacial score (nSPS) is 13.0. The summed E-state index contributed by atoms with van der Waals surface area (Å²) in [6.45, 7) is 7.27. The van der Waals surface area contributed by atoms with Crippen molar-refractivity contribution in [2.75, 3.05) is 0 Å². The topological polar surface area (TPSA) is 42.6 Å². The van der Waals surface area contributed by atoms with Crippen molar-refractivity contribution in [2.45, 2.75) is 38.9 Å². The predicted octanol–water partition coefficient (Wildman–Crippen LogP) is 4.94. The lowest BCUT2D eigenvalue weighted by molar-refractivity contribution is -0.0893. The molecule has 0 aliphatic heterocycles. The molecular weight excluding hydrogens is 359 g/mol. The van der Waals surface area contributed by atoms with Gasteiger partial charge in [-0.2, -0.15) is 0 Å². The second kappa shape index (κ2) is 6.27. The molecule has 0 saturated carbocycles. The van der Waals surface area contributed by atoms with Crippen LogP contribution in [0.2, 0.25) is 5.02 Å². The van der Waals surface area contributed by atoms with E-state index in [1.165, 1.54) is 0 Å². The standard InChI is InChI=1S/C22H22BClO3/c1-21(2,25)22(3,4)27-23-17-11-14(24)12-18-19(17)16-10-9-13-7-5-6-8-15(13)20(16)26-18/h5-12,23,25H,1-4H3. The van der Waals surface area contributed by atoms with Gasteiger partial charge in [-0.25, -0.2) is 0 Å². The third kappa shape index (κ3) is 3.12. The highest BCUT2D eigenvalue weighted by atomic mass is 35.5. The average molecular weight is 381 g/mol. The van der Waals surface area contributed by atoms with Crippen molar-refractivity contribution in [2.24, 2.45) is 0 Å². The van der Waals surface area contributed by atoms with Crippen LogP contribution < -0.4 is 5.46 Å². The van der Waals surface area contributed by atoms with Gasteiger partial charge in [-0.1, -0.05) is 41.9 Å². The Hall–Kier alpha value is -2.01. The van der Waals surface area contributed by atoms with Crippen molar-refractivity contribution in [3.05, 3.63) is 53.6 Å². The lowest BCUT2D eigenvalue weighted by atomic mass is 9.80. The van der Waals surface area contributed by atoms with E-state index in [4.69, 9.17) is 20.7 Å². The molecule has 4 aromatic rings. The van der Waals surface area contributed by atoms with E-state index in [0.29, 0.717) is 12.5 Å². The molecule has 0 atom stereocenters. The second-order valence-corrected chi connectivity index (χ2v) is 8.50. The van der Waals surface area contributed by atoms with Crippen molar-refractivity contribution in [1.29, 1.82) is 0 Å². The minimum atomic E-state index is -0.973. The maximum Gasteiger partial charge on any atom is 0.310 e. The maximum atomic E-state index is 10.4. The van der Waals surface area contributed by atoms with Gasteiger partial charge in [-0.05, 0) is 50.7 Å². The first-order valence-electron chi connectivity index (χ1n) is 9.06. The summed E-state index contributed by atoms with van der Waals surface area (Å²) < 4.78 is 12.3. The molecule has 0 fully saturated rings. The fraction of sp³-hybridized carbons (Fsp3) is 0.273. The fourth-order valence-corrected chi connectivity index (χ4v) is 3.46. The Morgan fingerprint density at radius 3 is 2.48 bits per heavy atom. The van der Waals surface area contributed by atoms with Crippen molar-refractivity contribution in [3.8, 4) is 0 Å². The smallest absolute Gasteiger partial charge is 0.310 e. The summed E-state index contributed by atoms with van der Waals surface area (Å²) in [4.78, 5) is 0. The summed E-state index contributed by atoms with van der Waals surface area (Å²) in [5, 5.41) is 15.2. The van der Waals surface area contributed by atoms with E-state index in [1.54, 1.807) is 13.8 Å². The first-order valence-corrected chi connectivity index (χ1v) is 9.44. The Kier molecular flexibility index (Phi) is 4.26. The van der Waals surface area contributed by atoms with Gasteiger partial charge in [-0.15, -0.1) is 0 Å². The number of benzene rings is 3. The molecule has 5 heteroatoms. The van der Waals surface area contributed by atoms with Crippen LogP contribution in [0.5, 0.6) is 0 Å². The van der Waals surface area contributed by atoms with Gasteiger partial charge in [-0.3, -0.25) is 0 Å². The van der Waals surface area contributed by atoms with E-state index in [-0.39, 0.29) is 0 Å². The summed E-state index contributed by atoms with van der Waals surface area (Å²) in [6, 6.07) is 16.1. The molecule has 1 N–H and O–H groups in total. The van der Waals surface area contributed by atoms with E-state index in [9.17, 15) is 5.11 Å². The van der Waals surface area contributed by atoms with Crippen LogP contribution in [0.4, 0.5) is 0 Å². The molecule has 0 bridgehead atoms. The highest BCUT2D eigenvalue weighted by molar-refractivity contribution is 6.54. The molecule has 0 amide bonds. The summed E-state index contributed by atoms with van der Waals surface area (Å²) >= 11 is 6.34. The van der Waals surface area contributed by atoms with Gasteiger partial charge in [0.15, 0.2) is 0 Å². The molecule has 0 aliphatic rings. The monoisotopic (exact) mass is 380 g/mol. The Balaban J connectivity index is 1.89. The number of halogens is 1. The van der Waals surface area contributed by atoms with Gasteiger partial charge in [0.05, 0.1) is 11.2 Å². The molecule has 1 heterocycles. The molecule has 138 valence electrons.